The highest BCUT2D eigenvalue weighted by Crippen LogP contribution is 2.36. The van der Waals surface area contributed by atoms with Gasteiger partial charge in [-0.1, -0.05) is 0 Å². The van der Waals surface area contributed by atoms with Crippen LogP contribution in [0.3, 0.4) is 0 Å². The molecule has 104 valence electrons. The molecule has 8 heteroatoms. The normalized spacial score (nSPS) is 17.6. The van der Waals surface area contributed by atoms with Crippen LogP contribution in [0.2, 0.25) is 0 Å². The van der Waals surface area contributed by atoms with E-state index >= 15 is 0 Å². The van der Waals surface area contributed by atoms with Crippen LogP contribution in [0, 0.1) is 5.92 Å². The van der Waals surface area contributed by atoms with Gasteiger partial charge in [-0.15, -0.1) is 12.4 Å². The van der Waals surface area contributed by atoms with Crippen LogP contribution in [-0.2, 0) is 17.1 Å². The van der Waals surface area contributed by atoms with Crippen LogP contribution in [0.1, 0.15) is 12.8 Å². The number of nitrogens with two attached hydrogens (primary N) is 1. The minimum Gasteiger partial charge on any atom is -0.329 e. The van der Waals surface area contributed by atoms with Gasteiger partial charge in [-0.25, -0.2) is 8.42 Å². The van der Waals surface area contributed by atoms with E-state index < -0.39 is 10.0 Å². The Hall–Kier alpha value is -0.630. The monoisotopic (exact) mass is 294 g/mol. The van der Waals surface area contributed by atoms with Crippen molar-refractivity contribution in [3.63, 3.8) is 0 Å². The number of aromatic nitrogens is 2. The quantitative estimate of drug-likeness (QED) is 0.841. The van der Waals surface area contributed by atoms with Gasteiger partial charge in [0.25, 0.3) is 10.0 Å². The van der Waals surface area contributed by atoms with E-state index in [-0.39, 0.29) is 23.5 Å². The van der Waals surface area contributed by atoms with Crippen LogP contribution in [0.5, 0.6) is 0 Å². The lowest BCUT2D eigenvalue weighted by Gasteiger charge is -2.26. The summed E-state index contributed by atoms with van der Waals surface area (Å²) in [7, 11) is -0.273. The summed E-state index contributed by atoms with van der Waals surface area (Å²) >= 11 is 0. The molecule has 0 aliphatic heterocycles. The molecule has 1 aromatic heterocycles. The molecule has 1 atom stereocenters. The van der Waals surface area contributed by atoms with Gasteiger partial charge in [0.1, 0.15) is 0 Å². The Morgan fingerprint density at radius 3 is 2.61 bits per heavy atom. The standard InChI is InChI=1S/C10H18N4O2S.ClH/c1-13-10(5-6-12-13)17(15,16)14(2)9(7-11)8-3-4-8;/h5-6,8-9H,3-4,7,11H2,1-2H3;1H. The fraction of sp³-hybridized carbons (Fsp3) is 0.700. The van der Waals surface area contributed by atoms with Gasteiger partial charge >= 0.3 is 0 Å². The third-order valence-corrected chi connectivity index (χ3v) is 5.25. The molecule has 6 nitrogen and oxygen atoms in total. The molecular formula is C10H19ClN4O2S. The second-order valence-electron chi connectivity index (χ2n) is 4.45. The number of sulfonamides is 1. The maximum absolute atomic E-state index is 12.4. The van der Waals surface area contributed by atoms with Gasteiger partial charge in [0, 0.05) is 26.7 Å². The molecule has 0 spiro atoms. The largest absolute Gasteiger partial charge is 0.329 e. The Morgan fingerprint density at radius 2 is 2.22 bits per heavy atom. The summed E-state index contributed by atoms with van der Waals surface area (Å²) in [5.41, 5.74) is 5.67. The molecule has 1 heterocycles. The molecule has 1 fully saturated rings. The Bertz CT molecular complexity index is 498. The third kappa shape index (κ3) is 2.69. The Kier molecular flexibility index (Phi) is 4.77. The number of aryl methyl sites for hydroxylation is 1. The van der Waals surface area contributed by atoms with Crippen molar-refractivity contribution in [3.05, 3.63) is 12.3 Å². The van der Waals surface area contributed by atoms with Crippen LogP contribution in [0.4, 0.5) is 0 Å². The van der Waals surface area contributed by atoms with Gasteiger partial charge < -0.3 is 5.73 Å². The van der Waals surface area contributed by atoms with E-state index in [1.54, 1.807) is 14.1 Å². The zero-order chi connectivity index (χ0) is 12.6. The van der Waals surface area contributed by atoms with Crippen LogP contribution in [0.25, 0.3) is 0 Å². The number of hydrogen-bond donors (Lipinski definition) is 1. The Morgan fingerprint density at radius 1 is 1.61 bits per heavy atom. The lowest BCUT2D eigenvalue weighted by atomic mass is 10.2. The zero-order valence-electron chi connectivity index (χ0n) is 10.5. The average Bonchev–Trinajstić information content (AvgIpc) is 3.01. The van der Waals surface area contributed by atoms with Crippen LogP contribution in [0.15, 0.2) is 17.3 Å². The molecule has 0 saturated heterocycles. The summed E-state index contributed by atoms with van der Waals surface area (Å²) in [5, 5.41) is 4.10. The van der Waals surface area contributed by atoms with Crippen molar-refractivity contribution in [1.82, 2.24) is 14.1 Å². The summed E-state index contributed by atoms with van der Waals surface area (Å²) < 4.78 is 27.5. The van der Waals surface area contributed by atoms with Crippen molar-refractivity contribution in [3.8, 4) is 0 Å². The summed E-state index contributed by atoms with van der Waals surface area (Å²) in [6, 6.07) is 1.40. The first-order valence-corrected chi connectivity index (χ1v) is 7.08. The van der Waals surface area contributed by atoms with E-state index in [1.165, 1.54) is 21.3 Å². The SMILES string of the molecule is CN(C(CN)C1CC1)S(=O)(=O)c1ccnn1C.Cl. The Labute approximate surface area is 114 Å². The van der Waals surface area contributed by atoms with Crippen LogP contribution < -0.4 is 5.73 Å². The first kappa shape index (κ1) is 15.4. The molecular weight excluding hydrogens is 276 g/mol. The van der Waals surface area contributed by atoms with E-state index in [4.69, 9.17) is 5.73 Å². The number of likely N-dealkylation sites (N-methyl/N-ethyl adjacent to an activating group) is 1. The Balaban J connectivity index is 0.00000162. The van der Waals surface area contributed by atoms with Crippen molar-refractivity contribution in [2.75, 3.05) is 13.6 Å². The fourth-order valence-electron chi connectivity index (χ4n) is 2.06. The highest BCUT2D eigenvalue weighted by Gasteiger charge is 2.38. The number of hydrogen-bond acceptors (Lipinski definition) is 4. The van der Waals surface area contributed by atoms with Gasteiger partial charge in [0.05, 0.1) is 6.20 Å². The fourth-order valence-corrected chi connectivity index (χ4v) is 3.58. The minimum atomic E-state index is -3.49. The topological polar surface area (TPSA) is 81.2 Å². The molecule has 2 rings (SSSR count). The highest BCUT2D eigenvalue weighted by atomic mass is 35.5. The predicted octanol–water partition coefficient (Wildman–Crippen LogP) is 0.200. The maximum Gasteiger partial charge on any atom is 0.260 e. The van der Waals surface area contributed by atoms with Gasteiger partial charge in [-0.3, -0.25) is 4.68 Å². The molecule has 0 radical (unpaired) electrons. The van der Waals surface area contributed by atoms with Crippen LogP contribution in [-0.4, -0.2) is 42.1 Å². The summed E-state index contributed by atoms with van der Waals surface area (Å²) in [5.74, 6) is 0.410. The van der Waals surface area contributed by atoms with E-state index in [1.807, 2.05) is 0 Å². The lowest BCUT2D eigenvalue weighted by molar-refractivity contribution is 0.337. The second-order valence-corrected chi connectivity index (χ2v) is 6.40. The molecule has 1 unspecified atom stereocenters. The maximum atomic E-state index is 12.4. The predicted molar refractivity (Wildman–Crippen MR) is 71.0 cm³/mol. The molecule has 0 amide bonds. The zero-order valence-corrected chi connectivity index (χ0v) is 12.1. The molecule has 1 aromatic rings. The number of nitrogens with zero attached hydrogens (tertiary/aromatic N) is 3. The van der Waals surface area contributed by atoms with Crippen molar-refractivity contribution in [2.45, 2.75) is 23.9 Å². The van der Waals surface area contributed by atoms with Gasteiger partial charge in [0.15, 0.2) is 5.03 Å². The van der Waals surface area contributed by atoms with E-state index in [0.29, 0.717) is 12.5 Å². The molecule has 18 heavy (non-hydrogen) atoms. The lowest BCUT2D eigenvalue weighted by Crippen LogP contribution is -2.43. The highest BCUT2D eigenvalue weighted by molar-refractivity contribution is 7.89. The van der Waals surface area contributed by atoms with Crippen molar-refractivity contribution >= 4 is 22.4 Å². The molecule has 1 aliphatic carbocycles. The smallest absolute Gasteiger partial charge is 0.260 e. The summed E-state index contributed by atoms with van der Waals surface area (Å²) in [6.45, 7) is 0.359. The molecule has 1 saturated carbocycles. The van der Waals surface area contributed by atoms with E-state index in [9.17, 15) is 8.42 Å². The summed E-state index contributed by atoms with van der Waals surface area (Å²) in [6.07, 6.45) is 3.61. The average molecular weight is 295 g/mol. The van der Waals surface area contributed by atoms with Gasteiger partial charge in [-0.05, 0) is 24.8 Å². The third-order valence-electron chi connectivity index (χ3n) is 3.29. The molecule has 1 aliphatic rings. The van der Waals surface area contributed by atoms with E-state index in [0.717, 1.165) is 12.8 Å². The molecule has 0 aromatic carbocycles. The molecule has 0 bridgehead atoms. The second kappa shape index (κ2) is 5.56. The van der Waals surface area contributed by atoms with Gasteiger partial charge in [0.2, 0.25) is 0 Å². The number of rotatable bonds is 5. The first-order chi connectivity index (χ1) is 7.98. The molecule has 2 N–H and O–H groups in total. The first-order valence-electron chi connectivity index (χ1n) is 5.64. The van der Waals surface area contributed by atoms with Crippen molar-refractivity contribution in [1.29, 1.82) is 0 Å². The van der Waals surface area contributed by atoms with Crippen molar-refractivity contribution < 1.29 is 8.42 Å². The van der Waals surface area contributed by atoms with Gasteiger partial charge in [-0.2, -0.15) is 9.40 Å². The van der Waals surface area contributed by atoms with E-state index in [2.05, 4.69) is 5.10 Å². The van der Waals surface area contributed by atoms with Crippen LogP contribution >= 0.6 is 12.4 Å². The minimum absolute atomic E-state index is 0. The number of halogens is 1. The summed E-state index contributed by atoms with van der Waals surface area (Å²) in [4.78, 5) is 0. The van der Waals surface area contributed by atoms with Crippen molar-refractivity contribution in [2.24, 2.45) is 18.7 Å².